The summed E-state index contributed by atoms with van der Waals surface area (Å²) in [6, 6.07) is 0. The van der Waals surface area contributed by atoms with E-state index in [1.54, 1.807) is 20.8 Å². The van der Waals surface area contributed by atoms with Crippen molar-refractivity contribution in [2.75, 3.05) is 6.54 Å². The molecule has 2 fully saturated rings. The highest BCUT2D eigenvalue weighted by Crippen LogP contribution is 2.68. The van der Waals surface area contributed by atoms with E-state index < -0.39 is 17.7 Å². The Labute approximate surface area is 107 Å². The zero-order chi connectivity index (χ0) is 13.6. The first-order valence-corrected chi connectivity index (χ1v) is 6.46. The van der Waals surface area contributed by atoms with Gasteiger partial charge >= 0.3 is 12.1 Å². The molecule has 1 amide bonds. The Hall–Kier alpha value is -1.26. The van der Waals surface area contributed by atoms with Crippen LogP contribution < -0.4 is 5.32 Å². The maximum atomic E-state index is 11.6. The van der Waals surface area contributed by atoms with Crippen molar-refractivity contribution >= 4 is 12.1 Å². The first kappa shape index (κ1) is 13.2. The number of carbonyl (C=O) groups is 2. The number of fused-ring (bicyclic) bond motifs is 1. The predicted octanol–water partition coefficient (Wildman–Crippen LogP) is 2.01. The number of alkyl carbamates (subject to hydrolysis) is 1. The van der Waals surface area contributed by atoms with Crippen LogP contribution in [0.5, 0.6) is 0 Å². The molecule has 2 saturated carbocycles. The summed E-state index contributed by atoms with van der Waals surface area (Å²) in [5, 5.41) is 11.9. The number of ether oxygens (including phenoxy) is 1. The Morgan fingerprint density at radius 2 is 2.11 bits per heavy atom. The van der Waals surface area contributed by atoms with Gasteiger partial charge in [0.2, 0.25) is 0 Å². The minimum absolute atomic E-state index is 0.206. The van der Waals surface area contributed by atoms with Crippen molar-refractivity contribution in [3.63, 3.8) is 0 Å². The number of carboxylic acid groups (broad SMARTS) is 1. The van der Waals surface area contributed by atoms with Crippen LogP contribution in [0.3, 0.4) is 0 Å². The van der Waals surface area contributed by atoms with Gasteiger partial charge in [0.1, 0.15) is 5.60 Å². The van der Waals surface area contributed by atoms with Gasteiger partial charge in [-0.05, 0) is 39.5 Å². The summed E-state index contributed by atoms with van der Waals surface area (Å²) in [4.78, 5) is 22.7. The Morgan fingerprint density at radius 1 is 1.44 bits per heavy atom. The van der Waals surface area contributed by atoms with E-state index in [-0.39, 0.29) is 17.3 Å². The second-order valence-corrected chi connectivity index (χ2v) is 6.40. The lowest BCUT2D eigenvalue weighted by Gasteiger charge is -2.21. The van der Waals surface area contributed by atoms with E-state index in [9.17, 15) is 9.59 Å². The second-order valence-electron chi connectivity index (χ2n) is 6.40. The Bertz CT molecular complexity index is 374. The van der Waals surface area contributed by atoms with Gasteiger partial charge in [0, 0.05) is 12.0 Å². The molecule has 18 heavy (non-hydrogen) atoms. The van der Waals surface area contributed by atoms with Crippen molar-refractivity contribution in [3.05, 3.63) is 0 Å². The maximum absolute atomic E-state index is 11.6. The van der Waals surface area contributed by atoms with Crippen molar-refractivity contribution in [1.82, 2.24) is 5.32 Å². The van der Waals surface area contributed by atoms with Gasteiger partial charge in [0.25, 0.3) is 0 Å². The molecule has 0 bridgehead atoms. The molecule has 0 aromatic rings. The average molecular weight is 255 g/mol. The van der Waals surface area contributed by atoms with Crippen LogP contribution in [0.15, 0.2) is 0 Å². The van der Waals surface area contributed by atoms with E-state index in [0.29, 0.717) is 6.54 Å². The van der Waals surface area contributed by atoms with Crippen LogP contribution in [0, 0.1) is 17.3 Å². The molecular weight excluding hydrogens is 234 g/mol. The SMILES string of the molecule is CC(C)(C)OC(=O)NC[C@]12CCC[C@H]1[C@H]2C(=O)O. The summed E-state index contributed by atoms with van der Waals surface area (Å²) >= 11 is 0. The minimum atomic E-state index is -0.731. The van der Waals surface area contributed by atoms with Gasteiger partial charge in [-0.25, -0.2) is 4.79 Å². The number of nitrogens with one attached hydrogen (secondary N) is 1. The van der Waals surface area contributed by atoms with Crippen molar-refractivity contribution in [2.24, 2.45) is 17.3 Å². The van der Waals surface area contributed by atoms with Crippen molar-refractivity contribution < 1.29 is 19.4 Å². The molecule has 0 unspecified atom stereocenters. The zero-order valence-corrected chi connectivity index (χ0v) is 11.2. The molecule has 0 aliphatic heterocycles. The fourth-order valence-corrected chi connectivity index (χ4v) is 3.32. The van der Waals surface area contributed by atoms with Crippen LogP contribution in [0.1, 0.15) is 40.0 Å². The molecule has 0 spiro atoms. The van der Waals surface area contributed by atoms with Gasteiger partial charge in [-0.2, -0.15) is 0 Å². The molecule has 2 rings (SSSR count). The number of aliphatic carboxylic acids is 1. The molecule has 0 aromatic carbocycles. The largest absolute Gasteiger partial charge is 0.481 e. The maximum Gasteiger partial charge on any atom is 0.407 e. The van der Waals surface area contributed by atoms with Crippen LogP contribution in [0.2, 0.25) is 0 Å². The quantitative estimate of drug-likeness (QED) is 0.809. The standard InChI is InChI=1S/C13H21NO4/c1-12(2,3)18-11(17)14-7-13-6-4-5-8(13)9(13)10(15)16/h8-9H,4-7H2,1-3H3,(H,14,17)(H,15,16)/t8-,9-,13+/m0/s1. The van der Waals surface area contributed by atoms with Gasteiger partial charge in [-0.15, -0.1) is 0 Å². The highest BCUT2D eigenvalue weighted by Gasteiger charge is 2.69. The first-order chi connectivity index (χ1) is 8.26. The molecule has 5 heteroatoms. The normalized spacial score (nSPS) is 33.7. The smallest absolute Gasteiger partial charge is 0.407 e. The number of rotatable bonds is 3. The average Bonchev–Trinajstić information content (AvgIpc) is 2.65. The Kier molecular flexibility index (Phi) is 3.03. The highest BCUT2D eigenvalue weighted by molar-refractivity contribution is 5.76. The minimum Gasteiger partial charge on any atom is -0.481 e. The lowest BCUT2D eigenvalue weighted by Crippen LogP contribution is -2.36. The third-order valence-electron chi connectivity index (χ3n) is 4.04. The molecule has 2 aliphatic rings. The van der Waals surface area contributed by atoms with Crippen molar-refractivity contribution in [2.45, 2.75) is 45.6 Å². The molecule has 0 saturated heterocycles. The number of hydrogen-bond acceptors (Lipinski definition) is 3. The molecular formula is C13H21NO4. The summed E-state index contributed by atoms with van der Waals surface area (Å²) in [5.41, 5.74) is -0.727. The monoisotopic (exact) mass is 255 g/mol. The first-order valence-electron chi connectivity index (χ1n) is 6.46. The Morgan fingerprint density at radius 3 is 2.61 bits per heavy atom. The van der Waals surface area contributed by atoms with Gasteiger partial charge in [-0.1, -0.05) is 6.42 Å². The van der Waals surface area contributed by atoms with E-state index >= 15 is 0 Å². The fraction of sp³-hybridized carbons (Fsp3) is 0.846. The third-order valence-corrected chi connectivity index (χ3v) is 4.04. The lowest BCUT2D eigenvalue weighted by molar-refractivity contribution is -0.140. The van der Waals surface area contributed by atoms with Crippen molar-refractivity contribution in [3.8, 4) is 0 Å². The summed E-state index contributed by atoms with van der Waals surface area (Å²) in [7, 11) is 0. The van der Waals surface area contributed by atoms with Gasteiger partial charge in [0.05, 0.1) is 5.92 Å². The topological polar surface area (TPSA) is 75.6 Å². The van der Waals surface area contributed by atoms with Crippen LogP contribution in [-0.4, -0.2) is 29.3 Å². The number of hydrogen-bond donors (Lipinski definition) is 2. The second kappa shape index (κ2) is 4.14. The molecule has 2 N–H and O–H groups in total. The number of carboxylic acids is 1. The molecule has 5 nitrogen and oxygen atoms in total. The summed E-state index contributed by atoms with van der Waals surface area (Å²) < 4.78 is 5.16. The van der Waals surface area contributed by atoms with Crippen LogP contribution in [0.25, 0.3) is 0 Å². The molecule has 0 aromatic heterocycles. The lowest BCUT2D eigenvalue weighted by atomic mass is 10.00. The van der Waals surface area contributed by atoms with Crippen LogP contribution in [0.4, 0.5) is 4.79 Å². The summed E-state index contributed by atoms with van der Waals surface area (Å²) in [6.07, 6.45) is 2.46. The molecule has 2 aliphatic carbocycles. The van der Waals surface area contributed by atoms with E-state index in [0.717, 1.165) is 19.3 Å². The fourth-order valence-electron chi connectivity index (χ4n) is 3.32. The molecule has 0 heterocycles. The number of amides is 1. The highest BCUT2D eigenvalue weighted by atomic mass is 16.6. The van der Waals surface area contributed by atoms with Gasteiger partial charge in [-0.3, -0.25) is 4.79 Å². The van der Waals surface area contributed by atoms with Crippen LogP contribution >= 0.6 is 0 Å². The summed E-state index contributed by atoms with van der Waals surface area (Å²) in [6.45, 7) is 5.84. The van der Waals surface area contributed by atoms with Gasteiger partial charge < -0.3 is 15.2 Å². The van der Waals surface area contributed by atoms with E-state index in [4.69, 9.17) is 9.84 Å². The molecule has 3 atom stereocenters. The number of carbonyl (C=O) groups excluding carboxylic acids is 1. The summed E-state index contributed by atoms with van der Waals surface area (Å²) in [5.74, 6) is -0.767. The molecule has 0 radical (unpaired) electrons. The third kappa shape index (κ3) is 2.31. The predicted molar refractivity (Wildman–Crippen MR) is 65.1 cm³/mol. The van der Waals surface area contributed by atoms with E-state index in [2.05, 4.69) is 5.32 Å². The zero-order valence-electron chi connectivity index (χ0n) is 11.2. The van der Waals surface area contributed by atoms with Crippen LogP contribution in [-0.2, 0) is 9.53 Å². The van der Waals surface area contributed by atoms with Crippen molar-refractivity contribution in [1.29, 1.82) is 0 Å². The molecule has 102 valence electrons. The van der Waals surface area contributed by atoms with E-state index in [1.165, 1.54) is 0 Å². The Balaban J connectivity index is 1.87. The van der Waals surface area contributed by atoms with Gasteiger partial charge in [0.15, 0.2) is 0 Å². The van der Waals surface area contributed by atoms with E-state index in [1.807, 2.05) is 0 Å².